The van der Waals surface area contributed by atoms with Crippen LogP contribution in [0.5, 0.6) is 0 Å². The van der Waals surface area contributed by atoms with Gasteiger partial charge < -0.3 is 10.8 Å². The molecule has 3 N–H and O–H groups in total. The van der Waals surface area contributed by atoms with Gasteiger partial charge >= 0.3 is 0 Å². The van der Waals surface area contributed by atoms with Gasteiger partial charge in [-0.05, 0) is 19.3 Å². The molecule has 0 radical (unpaired) electrons. The largest absolute Gasteiger partial charge is 0.391 e. The third kappa shape index (κ3) is 1.81. The van der Waals surface area contributed by atoms with Crippen molar-refractivity contribution in [2.45, 2.75) is 51.3 Å². The van der Waals surface area contributed by atoms with Crippen LogP contribution in [0.15, 0.2) is 0 Å². The molecule has 1 aliphatic heterocycles. The zero-order valence-corrected chi connectivity index (χ0v) is 9.24. The van der Waals surface area contributed by atoms with E-state index in [4.69, 9.17) is 5.73 Å². The lowest BCUT2D eigenvalue weighted by molar-refractivity contribution is 0.0950. The average Bonchev–Trinajstić information content (AvgIpc) is 2.58. The van der Waals surface area contributed by atoms with Crippen LogP contribution in [-0.2, 0) is 0 Å². The molecular formula is C11H22N2O. The smallest absolute Gasteiger partial charge is 0.0730 e. The van der Waals surface area contributed by atoms with Crippen LogP contribution in [0.4, 0.5) is 0 Å². The highest BCUT2D eigenvalue weighted by Crippen LogP contribution is 2.34. The Labute approximate surface area is 86.3 Å². The predicted molar refractivity (Wildman–Crippen MR) is 57.0 cm³/mol. The van der Waals surface area contributed by atoms with Gasteiger partial charge in [0.25, 0.3) is 0 Å². The number of β-amino-alcohol motifs (C(OH)–C–C–N with tert-alkyl or cyclic N) is 1. The van der Waals surface area contributed by atoms with Gasteiger partial charge in [0.05, 0.1) is 6.10 Å². The zero-order valence-electron chi connectivity index (χ0n) is 9.24. The van der Waals surface area contributed by atoms with Crippen LogP contribution in [0.1, 0.15) is 33.1 Å². The Kier molecular flexibility index (Phi) is 2.58. The van der Waals surface area contributed by atoms with E-state index in [9.17, 15) is 5.11 Å². The monoisotopic (exact) mass is 198 g/mol. The molecule has 2 aliphatic rings. The molecule has 82 valence electrons. The minimum absolute atomic E-state index is 0.0622. The molecule has 0 aromatic rings. The Hall–Kier alpha value is -0.120. The van der Waals surface area contributed by atoms with Crippen LogP contribution in [-0.4, -0.2) is 41.3 Å². The SMILES string of the molecule is CC1(C)CN(C2CCC(N)C2)CC1O. The van der Waals surface area contributed by atoms with Gasteiger partial charge in [-0.15, -0.1) is 0 Å². The number of nitrogens with two attached hydrogens (primary N) is 1. The number of likely N-dealkylation sites (tertiary alicyclic amines) is 1. The zero-order chi connectivity index (χ0) is 10.3. The van der Waals surface area contributed by atoms with Gasteiger partial charge in [-0.25, -0.2) is 0 Å². The van der Waals surface area contributed by atoms with Crippen molar-refractivity contribution < 1.29 is 5.11 Å². The van der Waals surface area contributed by atoms with Crippen molar-refractivity contribution in [3.8, 4) is 0 Å². The van der Waals surface area contributed by atoms with Crippen molar-refractivity contribution in [3.05, 3.63) is 0 Å². The van der Waals surface area contributed by atoms with Gasteiger partial charge in [-0.3, -0.25) is 4.90 Å². The highest BCUT2D eigenvalue weighted by atomic mass is 16.3. The summed E-state index contributed by atoms with van der Waals surface area (Å²) in [6, 6.07) is 1.02. The number of hydrogen-bond acceptors (Lipinski definition) is 3. The van der Waals surface area contributed by atoms with Crippen molar-refractivity contribution >= 4 is 0 Å². The van der Waals surface area contributed by atoms with E-state index in [1.54, 1.807) is 0 Å². The van der Waals surface area contributed by atoms with Gasteiger partial charge in [-0.1, -0.05) is 13.8 Å². The van der Waals surface area contributed by atoms with Crippen LogP contribution in [0, 0.1) is 5.41 Å². The summed E-state index contributed by atoms with van der Waals surface area (Å²) in [6.45, 7) is 6.15. The second-order valence-corrected chi connectivity index (χ2v) is 5.66. The van der Waals surface area contributed by atoms with Crippen molar-refractivity contribution in [1.82, 2.24) is 4.90 Å². The molecule has 1 aliphatic carbocycles. The molecule has 3 unspecified atom stereocenters. The maximum atomic E-state index is 9.88. The quantitative estimate of drug-likeness (QED) is 0.647. The van der Waals surface area contributed by atoms with Gasteiger partial charge in [0.1, 0.15) is 0 Å². The lowest BCUT2D eigenvalue weighted by atomic mass is 9.90. The third-order valence-electron chi connectivity index (χ3n) is 3.88. The maximum Gasteiger partial charge on any atom is 0.0730 e. The van der Waals surface area contributed by atoms with Gasteiger partial charge in [0, 0.05) is 30.6 Å². The molecule has 1 saturated heterocycles. The third-order valence-corrected chi connectivity index (χ3v) is 3.88. The van der Waals surface area contributed by atoms with Crippen LogP contribution >= 0.6 is 0 Å². The van der Waals surface area contributed by atoms with E-state index in [0.29, 0.717) is 12.1 Å². The van der Waals surface area contributed by atoms with Crippen LogP contribution in [0.25, 0.3) is 0 Å². The molecule has 3 atom stereocenters. The Morgan fingerprint density at radius 2 is 2.07 bits per heavy atom. The second kappa shape index (κ2) is 3.47. The van der Waals surface area contributed by atoms with Crippen molar-refractivity contribution in [2.24, 2.45) is 11.1 Å². The molecule has 0 bridgehead atoms. The van der Waals surface area contributed by atoms with E-state index in [1.807, 2.05) is 0 Å². The topological polar surface area (TPSA) is 49.5 Å². The van der Waals surface area contributed by atoms with E-state index in [0.717, 1.165) is 25.9 Å². The number of rotatable bonds is 1. The molecule has 2 rings (SSSR count). The Balaban J connectivity index is 1.95. The first kappa shape index (κ1) is 10.4. The van der Waals surface area contributed by atoms with Crippen LogP contribution in [0.2, 0.25) is 0 Å². The first-order valence-corrected chi connectivity index (χ1v) is 5.67. The lowest BCUT2D eigenvalue weighted by Crippen LogP contribution is -2.33. The number of hydrogen-bond donors (Lipinski definition) is 2. The molecule has 14 heavy (non-hydrogen) atoms. The van der Waals surface area contributed by atoms with Crippen molar-refractivity contribution in [2.75, 3.05) is 13.1 Å². The van der Waals surface area contributed by atoms with Crippen molar-refractivity contribution in [1.29, 1.82) is 0 Å². The van der Waals surface area contributed by atoms with Gasteiger partial charge in [0.2, 0.25) is 0 Å². The summed E-state index contributed by atoms with van der Waals surface area (Å²) in [4.78, 5) is 2.43. The molecule has 0 aromatic heterocycles. The standard InChI is InChI=1S/C11H22N2O/c1-11(2)7-13(6-10(11)14)9-4-3-8(12)5-9/h8-10,14H,3-7,12H2,1-2H3. The van der Waals surface area contributed by atoms with E-state index in [1.165, 1.54) is 6.42 Å². The first-order valence-electron chi connectivity index (χ1n) is 5.67. The van der Waals surface area contributed by atoms with E-state index in [-0.39, 0.29) is 11.5 Å². The minimum atomic E-state index is -0.167. The number of aliphatic hydroxyl groups excluding tert-OH is 1. The number of aliphatic hydroxyl groups is 1. The van der Waals surface area contributed by atoms with Crippen LogP contribution in [0.3, 0.4) is 0 Å². The summed E-state index contributed by atoms with van der Waals surface area (Å²) >= 11 is 0. The first-order chi connectivity index (χ1) is 6.49. The molecule has 0 aromatic carbocycles. The molecular weight excluding hydrogens is 176 g/mol. The molecule has 0 amide bonds. The van der Waals surface area contributed by atoms with E-state index < -0.39 is 0 Å². The van der Waals surface area contributed by atoms with Gasteiger partial charge in [-0.2, -0.15) is 0 Å². The molecule has 1 saturated carbocycles. The molecule has 0 spiro atoms. The molecule has 1 heterocycles. The van der Waals surface area contributed by atoms with Gasteiger partial charge in [0.15, 0.2) is 0 Å². The second-order valence-electron chi connectivity index (χ2n) is 5.66. The summed E-state index contributed by atoms with van der Waals surface area (Å²) in [5.74, 6) is 0. The maximum absolute atomic E-state index is 9.88. The summed E-state index contributed by atoms with van der Waals surface area (Å²) < 4.78 is 0. The summed E-state index contributed by atoms with van der Waals surface area (Å²) in [6.07, 6.45) is 3.31. The fraction of sp³-hybridized carbons (Fsp3) is 1.00. The van der Waals surface area contributed by atoms with E-state index >= 15 is 0 Å². The Morgan fingerprint density at radius 1 is 1.36 bits per heavy atom. The number of nitrogens with zero attached hydrogens (tertiary/aromatic N) is 1. The fourth-order valence-electron chi connectivity index (χ4n) is 2.76. The fourth-order valence-corrected chi connectivity index (χ4v) is 2.76. The molecule has 3 heteroatoms. The lowest BCUT2D eigenvalue weighted by Gasteiger charge is -2.25. The molecule has 2 fully saturated rings. The van der Waals surface area contributed by atoms with E-state index in [2.05, 4.69) is 18.7 Å². The summed E-state index contributed by atoms with van der Waals surface area (Å²) in [5, 5.41) is 9.88. The Bertz CT molecular complexity index is 217. The van der Waals surface area contributed by atoms with Crippen molar-refractivity contribution in [3.63, 3.8) is 0 Å². The predicted octanol–water partition coefficient (Wildman–Crippen LogP) is 0.569. The Morgan fingerprint density at radius 3 is 2.50 bits per heavy atom. The summed E-state index contributed by atoms with van der Waals surface area (Å²) in [7, 11) is 0. The highest BCUT2D eigenvalue weighted by molar-refractivity contribution is 4.96. The molecule has 3 nitrogen and oxygen atoms in total. The normalized spacial score (nSPS) is 43.3. The summed E-state index contributed by atoms with van der Waals surface area (Å²) in [5.41, 5.74) is 5.97. The van der Waals surface area contributed by atoms with Crippen LogP contribution < -0.4 is 5.73 Å². The highest BCUT2D eigenvalue weighted by Gasteiger charge is 2.41. The minimum Gasteiger partial charge on any atom is -0.391 e. The average molecular weight is 198 g/mol.